The lowest BCUT2D eigenvalue weighted by Gasteiger charge is -2.13. The normalized spacial score (nSPS) is 11.9. The number of hydrogen-bond acceptors (Lipinski definition) is 3. The maximum absolute atomic E-state index is 13.1. The van der Waals surface area contributed by atoms with E-state index in [9.17, 15) is 14.0 Å². The van der Waals surface area contributed by atoms with Crippen molar-refractivity contribution in [3.05, 3.63) is 59.3 Å². The molecule has 0 fully saturated rings. The summed E-state index contributed by atoms with van der Waals surface area (Å²) < 4.78 is 18.0. The Hall–Kier alpha value is -2.63. The molecule has 104 valence electrons. The monoisotopic (exact) mass is 277 g/mol. The Morgan fingerprint density at radius 1 is 1.35 bits per heavy atom. The molecule has 0 aliphatic heterocycles. The Labute approximate surface area is 114 Å². The standard InChI is InChI=1S/C14H12FNO4/c1-8(9-3-2-4-11(15)5-9)16-13(17)12-6-10(7-20-12)14(18)19/h2-8H,1H3,(H,16,17)(H,18,19). The van der Waals surface area contributed by atoms with E-state index in [0.29, 0.717) is 5.56 Å². The molecule has 0 spiro atoms. The van der Waals surface area contributed by atoms with E-state index in [0.717, 1.165) is 12.3 Å². The SMILES string of the molecule is CC(NC(=O)c1cc(C(=O)O)co1)c1cccc(F)c1. The van der Waals surface area contributed by atoms with Gasteiger partial charge >= 0.3 is 5.97 Å². The molecule has 20 heavy (non-hydrogen) atoms. The molecular weight excluding hydrogens is 265 g/mol. The lowest BCUT2D eigenvalue weighted by atomic mass is 10.1. The van der Waals surface area contributed by atoms with Gasteiger partial charge in [0.2, 0.25) is 0 Å². The van der Waals surface area contributed by atoms with Crippen molar-refractivity contribution < 1.29 is 23.5 Å². The number of hydrogen-bond donors (Lipinski definition) is 2. The van der Waals surface area contributed by atoms with Gasteiger partial charge in [-0.3, -0.25) is 4.79 Å². The highest BCUT2D eigenvalue weighted by atomic mass is 19.1. The van der Waals surface area contributed by atoms with Gasteiger partial charge in [0.25, 0.3) is 5.91 Å². The van der Waals surface area contributed by atoms with Crippen molar-refractivity contribution in [1.82, 2.24) is 5.32 Å². The molecule has 2 rings (SSSR count). The fraction of sp³-hybridized carbons (Fsp3) is 0.143. The lowest BCUT2D eigenvalue weighted by molar-refractivity contribution is 0.0695. The van der Waals surface area contributed by atoms with Gasteiger partial charge in [-0.25, -0.2) is 9.18 Å². The van der Waals surface area contributed by atoms with E-state index in [1.165, 1.54) is 12.1 Å². The first-order valence-corrected chi connectivity index (χ1v) is 5.85. The first-order valence-electron chi connectivity index (χ1n) is 5.85. The summed E-state index contributed by atoms with van der Waals surface area (Å²) in [4.78, 5) is 22.5. The fourth-order valence-corrected chi connectivity index (χ4v) is 1.69. The zero-order valence-corrected chi connectivity index (χ0v) is 10.6. The molecule has 2 aromatic rings. The van der Waals surface area contributed by atoms with Crippen LogP contribution in [0.1, 0.15) is 39.4 Å². The zero-order chi connectivity index (χ0) is 14.7. The Balaban J connectivity index is 2.08. The van der Waals surface area contributed by atoms with Crippen LogP contribution in [0.3, 0.4) is 0 Å². The summed E-state index contributed by atoms with van der Waals surface area (Å²) in [5.41, 5.74) is 0.497. The number of carboxylic acid groups (broad SMARTS) is 1. The molecule has 0 saturated carbocycles. The Kier molecular flexibility index (Phi) is 3.84. The van der Waals surface area contributed by atoms with Gasteiger partial charge in [-0.1, -0.05) is 12.1 Å². The van der Waals surface area contributed by atoms with Crippen molar-refractivity contribution in [2.75, 3.05) is 0 Å². The molecule has 1 aromatic carbocycles. The van der Waals surface area contributed by atoms with Crippen LogP contribution in [0.15, 0.2) is 41.0 Å². The first kappa shape index (κ1) is 13.8. The summed E-state index contributed by atoms with van der Waals surface area (Å²) in [6, 6.07) is 6.55. The highest BCUT2D eigenvalue weighted by Gasteiger charge is 2.17. The number of amides is 1. The molecule has 0 radical (unpaired) electrons. The average molecular weight is 277 g/mol. The topological polar surface area (TPSA) is 79.5 Å². The van der Waals surface area contributed by atoms with Crippen LogP contribution in [-0.2, 0) is 0 Å². The van der Waals surface area contributed by atoms with Gasteiger partial charge in [0.1, 0.15) is 12.1 Å². The molecule has 0 aliphatic rings. The Morgan fingerprint density at radius 2 is 2.10 bits per heavy atom. The van der Waals surface area contributed by atoms with Crippen LogP contribution >= 0.6 is 0 Å². The molecule has 1 unspecified atom stereocenters. The molecule has 1 aromatic heterocycles. The fourth-order valence-electron chi connectivity index (χ4n) is 1.69. The van der Waals surface area contributed by atoms with Crippen molar-refractivity contribution in [2.45, 2.75) is 13.0 Å². The van der Waals surface area contributed by atoms with E-state index >= 15 is 0 Å². The van der Waals surface area contributed by atoms with Gasteiger partial charge in [-0.2, -0.15) is 0 Å². The Morgan fingerprint density at radius 3 is 2.70 bits per heavy atom. The third-order valence-corrected chi connectivity index (χ3v) is 2.77. The molecule has 2 N–H and O–H groups in total. The number of nitrogens with one attached hydrogen (secondary N) is 1. The van der Waals surface area contributed by atoms with Crippen LogP contribution < -0.4 is 5.32 Å². The molecule has 5 nitrogen and oxygen atoms in total. The van der Waals surface area contributed by atoms with Crippen molar-refractivity contribution >= 4 is 11.9 Å². The average Bonchev–Trinajstić information content (AvgIpc) is 2.88. The molecule has 1 amide bonds. The second-order valence-corrected chi connectivity index (χ2v) is 4.25. The Bertz CT molecular complexity index is 650. The number of rotatable bonds is 4. The highest BCUT2D eigenvalue weighted by Crippen LogP contribution is 2.15. The smallest absolute Gasteiger partial charge is 0.338 e. The van der Waals surface area contributed by atoms with Crippen molar-refractivity contribution in [2.24, 2.45) is 0 Å². The molecule has 1 heterocycles. The minimum Gasteiger partial charge on any atom is -0.478 e. The molecule has 0 saturated heterocycles. The minimum absolute atomic E-state index is 0.103. The minimum atomic E-state index is -1.18. The van der Waals surface area contributed by atoms with Crippen LogP contribution in [0, 0.1) is 5.82 Å². The van der Waals surface area contributed by atoms with Gasteiger partial charge in [0.15, 0.2) is 5.76 Å². The largest absolute Gasteiger partial charge is 0.478 e. The maximum Gasteiger partial charge on any atom is 0.338 e. The van der Waals surface area contributed by atoms with Crippen LogP contribution in [-0.4, -0.2) is 17.0 Å². The molecule has 0 aliphatic carbocycles. The van der Waals surface area contributed by atoms with Crippen molar-refractivity contribution in [1.29, 1.82) is 0 Å². The van der Waals surface area contributed by atoms with E-state index in [-0.39, 0.29) is 11.3 Å². The van der Waals surface area contributed by atoms with Gasteiger partial charge < -0.3 is 14.8 Å². The number of carbonyl (C=O) groups excluding carboxylic acids is 1. The predicted molar refractivity (Wildman–Crippen MR) is 67.9 cm³/mol. The van der Waals surface area contributed by atoms with E-state index in [1.807, 2.05) is 0 Å². The van der Waals surface area contributed by atoms with Gasteiger partial charge in [-0.15, -0.1) is 0 Å². The predicted octanol–water partition coefficient (Wildman–Crippen LogP) is 2.61. The number of carboxylic acids is 1. The number of aromatic carboxylic acids is 1. The van der Waals surface area contributed by atoms with Crippen molar-refractivity contribution in [3.8, 4) is 0 Å². The second kappa shape index (κ2) is 5.56. The maximum atomic E-state index is 13.1. The number of furan rings is 1. The number of carbonyl (C=O) groups is 2. The number of halogens is 1. The van der Waals surface area contributed by atoms with E-state index < -0.39 is 23.7 Å². The van der Waals surface area contributed by atoms with E-state index in [2.05, 4.69) is 5.32 Å². The van der Waals surface area contributed by atoms with Crippen LogP contribution in [0.5, 0.6) is 0 Å². The third kappa shape index (κ3) is 3.03. The summed E-state index contributed by atoms with van der Waals surface area (Å²) in [6.07, 6.45) is 0.990. The molecular formula is C14H12FNO4. The molecule has 0 bridgehead atoms. The first-order chi connectivity index (χ1) is 9.47. The molecule has 6 heteroatoms. The van der Waals surface area contributed by atoms with Crippen molar-refractivity contribution in [3.63, 3.8) is 0 Å². The summed E-state index contributed by atoms with van der Waals surface area (Å²) in [6.45, 7) is 1.69. The van der Waals surface area contributed by atoms with E-state index in [4.69, 9.17) is 9.52 Å². The molecule has 1 atom stereocenters. The quantitative estimate of drug-likeness (QED) is 0.900. The van der Waals surface area contributed by atoms with Crippen LogP contribution in [0.2, 0.25) is 0 Å². The third-order valence-electron chi connectivity index (χ3n) is 2.77. The summed E-state index contributed by atoms with van der Waals surface area (Å²) in [7, 11) is 0. The van der Waals surface area contributed by atoms with Crippen LogP contribution in [0.4, 0.5) is 4.39 Å². The van der Waals surface area contributed by atoms with Gasteiger partial charge in [-0.05, 0) is 24.6 Å². The van der Waals surface area contributed by atoms with Gasteiger partial charge in [0.05, 0.1) is 11.6 Å². The lowest BCUT2D eigenvalue weighted by Crippen LogP contribution is -2.26. The second-order valence-electron chi connectivity index (χ2n) is 4.25. The number of benzene rings is 1. The van der Waals surface area contributed by atoms with Crippen LogP contribution in [0.25, 0.3) is 0 Å². The summed E-state index contributed by atoms with van der Waals surface area (Å²) in [5.74, 6) is -2.24. The highest BCUT2D eigenvalue weighted by molar-refractivity contribution is 5.95. The van der Waals surface area contributed by atoms with E-state index in [1.54, 1.807) is 19.1 Å². The summed E-state index contributed by atoms with van der Waals surface area (Å²) >= 11 is 0. The zero-order valence-electron chi connectivity index (χ0n) is 10.6. The summed E-state index contributed by atoms with van der Waals surface area (Å²) in [5, 5.41) is 11.3. The van der Waals surface area contributed by atoms with Gasteiger partial charge in [0, 0.05) is 6.07 Å².